The highest BCUT2D eigenvalue weighted by Gasteiger charge is 2.26. The number of carbonyl (C=O) groups excluding carboxylic acids is 1. The Kier molecular flexibility index (Phi) is 3.61. The molecule has 0 aliphatic carbocycles. The Labute approximate surface area is 103 Å². The van der Waals surface area contributed by atoms with Gasteiger partial charge in [-0.1, -0.05) is 22.0 Å². The van der Waals surface area contributed by atoms with E-state index in [4.69, 9.17) is 9.84 Å². The second-order valence-electron chi connectivity index (χ2n) is 3.82. The van der Waals surface area contributed by atoms with Crippen molar-refractivity contribution in [3.63, 3.8) is 0 Å². The van der Waals surface area contributed by atoms with Crippen LogP contribution in [0.5, 0.6) is 0 Å². The Morgan fingerprint density at radius 1 is 1.38 bits per heavy atom. The van der Waals surface area contributed by atoms with Gasteiger partial charge in [-0.2, -0.15) is 0 Å². The number of esters is 1. The number of carbonyl (C=O) groups is 1. The molecule has 0 spiro atoms. The molecule has 0 bridgehead atoms. The Morgan fingerprint density at radius 2 is 2.19 bits per heavy atom. The number of aliphatic hydroxyl groups is 1. The average molecular weight is 285 g/mol. The summed E-state index contributed by atoms with van der Waals surface area (Å²) in [6.45, 7) is 0.561. The van der Waals surface area contributed by atoms with E-state index >= 15 is 0 Å². The summed E-state index contributed by atoms with van der Waals surface area (Å²) in [5, 5.41) is 8.73. The van der Waals surface area contributed by atoms with Crippen molar-refractivity contribution < 1.29 is 14.6 Å². The summed E-state index contributed by atoms with van der Waals surface area (Å²) in [5.41, 5.74) is 2.69. The van der Waals surface area contributed by atoms with E-state index in [2.05, 4.69) is 15.9 Å². The van der Waals surface area contributed by atoms with Crippen molar-refractivity contribution >= 4 is 21.9 Å². The zero-order chi connectivity index (χ0) is 11.5. The first-order valence-electron chi connectivity index (χ1n) is 5.32. The molecule has 0 atom stereocenters. The number of hydrogen-bond donors (Lipinski definition) is 1. The van der Waals surface area contributed by atoms with Crippen molar-refractivity contribution in [3.8, 4) is 0 Å². The smallest absolute Gasteiger partial charge is 0.339 e. The number of halogens is 1. The number of hydrogen-bond acceptors (Lipinski definition) is 3. The molecule has 0 saturated heterocycles. The van der Waals surface area contributed by atoms with Crippen molar-refractivity contribution in [1.82, 2.24) is 0 Å². The van der Waals surface area contributed by atoms with Gasteiger partial charge in [-0.25, -0.2) is 4.79 Å². The maximum absolute atomic E-state index is 11.6. The molecule has 1 heterocycles. The van der Waals surface area contributed by atoms with Crippen molar-refractivity contribution in [2.45, 2.75) is 25.9 Å². The van der Waals surface area contributed by atoms with Crippen molar-refractivity contribution in [2.75, 3.05) is 6.61 Å². The van der Waals surface area contributed by atoms with Crippen LogP contribution in [-0.4, -0.2) is 17.7 Å². The predicted molar refractivity (Wildman–Crippen MR) is 63.3 cm³/mol. The van der Waals surface area contributed by atoms with Crippen molar-refractivity contribution in [2.24, 2.45) is 0 Å². The molecule has 4 heteroatoms. The molecule has 1 N–H and O–H groups in total. The van der Waals surface area contributed by atoms with E-state index in [9.17, 15) is 4.79 Å². The zero-order valence-electron chi connectivity index (χ0n) is 8.83. The molecule has 86 valence electrons. The molecule has 1 aliphatic rings. The molecular weight excluding hydrogens is 272 g/mol. The lowest BCUT2D eigenvalue weighted by molar-refractivity contribution is 0.0534. The third-order valence-corrected chi connectivity index (χ3v) is 3.49. The van der Waals surface area contributed by atoms with E-state index in [0.29, 0.717) is 12.2 Å². The van der Waals surface area contributed by atoms with Crippen LogP contribution in [0.15, 0.2) is 16.6 Å². The first kappa shape index (κ1) is 11.6. The number of cyclic esters (lactones) is 1. The first-order valence-corrected chi connectivity index (χ1v) is 6.11. The number of benzene rings is 1. The van der Waals surface area contributed by atoms with Gasteiger partial charge in [0.25, 0.3) is 0 Å². The Bertz CT molecular complexity index is 415. The highest BCUT2D eigenvalue weighted by molar-refractivity contribution is 9.10. The van der Waals surface area contributed by atoms with E-state index in [1.807, 2.05) is 12.1 Å². The third-order valence-electron chi connectivity index (χ3n) is 2.75. The monoisotopic (exact) mass is 284 g/mol. The molecule has 3 nitrogen and oxygen atoms in total. The van der Waals surface area contributed by atoms with Crippen LogP contribution in [0, 0.1) is 0 Å². The fourth-order valence-electron chi connectivity index (χ4n) is 1.91. The topological polar surface area (TPSA) is 46.5 Å². The van der Waals surface area contributed by atoms with Gasteiger partial charge in [-0.15, -0.1) is 0 Å². The molecule has 0 amide bonds. The molecule has 0 saturated carbocycles. The maximum atomic E-state index is 11.6. The Hall–Kier alpha value is -0.870. The van der Waals surface area contributed by atoms with Gasteiger partial charge < -0.3 is 9.84 Å². The Balaban J connectivity index is 2.26. The number of fused-ring (bicyclic) bond motifs is 1. The van der Waals surface area contributed by atoms with E-state index in [1.54, 1.807) is 0 Å². The zero-order valence-corrected chi connectivity index (χ0v) is 10.4. The lowest BCUT2D eigenvalue weighted by atomic mass is 9.99. The number of rotatable bonds is 4. The standard InChI is InChI=1S/C12H13BrO3/c13-10-5-4-8(3-1-2-6-14)11-9(10)7-16-12(11)15/h4-5,14H,1-3,6-7H2. The van der Waals surface area contributed by atoms with Crippen molar-refractivity contribution in [3.05, 3.63) is 33.3 Å². The lowest BCUT2D eigenvalue weighted by Gasteiger charge is -2.06. The van der Waals surface area contributed by atoms with E-state index in [1.165, 1.54) is 0 Å². The van der Waals surface area contributed by atoms with Crippen LogP contribution in [0.3, 0.4) is 0 Å². The van der Waals surface area contributed by atoms with Crippen LogP contribution in [0.2, 0.25) is 0 Å². The predicted octanol–water partition coefficient (Wildman–Crippen LogP) is 2.43. The molecule has 0 unspecified atom stereocenters. The molecule has 0 radical (unpaired) electrons. The van der Waals surface area contributed by atoms with Gasteiger partial charge in [-0.05, 0) is 30.9 Å². The highest BCUT2D eigenvalue weighted by Crippen LogP contribution is 2.31. The van der Waals surface area contributed by atoms with Gasteiger partial charge in [0.2, 0.25) is 0 Å². The number of aryl methyl sites for hydroxylation is 1. The molecular formula is C12H13BrO3. The molecule has 16 heavy (non-hydrogen) atoms. The lowest BCUT2D eigenvalue weighted by Crippen LogP contribution is -2.01. The van der Waals surface area contributed by atoms with Gasteiger partial charge in [0.15, 0.2) is 0 Å². The molecule has 2 rings (SSSR count). The van der Waals surface area contributed by atoms with Gasteiger partial charge in [0.05, 0.1) is 5.56 Å². The van der Waals surface area contributed by atoms with E-state index in [0.717, 1.165) is 34.9 Å². The van der Waals surface area contributed by atoms with Gasteiger partial charge >= 0.3 is 5.97 Å². The van der Waals surface area contributed by atoms with Crippen LogP contribution in [-0.2, 0) is 17.8 Å². The molecule has 1 aromatic carbocycles. The fraction of sp³-hybridized carbons (Fsp3) is 0.417. The summed E-state index contributed by atoms with van der Waals surface area (Å²) in [4.78, 5) is 11.6. The molecule has 0 fully saturated rings. The van der Waals surface area contributed by atoms with Crippen LogP contribution in [0.25, 0.3) is 0 Å². The first-order chi connectivity index (χ1) is 7.74. The summed E-state index contributed by atoms with van der Waals surface area (Å²) in [6.07, 6.45) is 2.46. The normalized spacial score (nSPS) is 13.8. The minimum absolute atomic E-state index is 0.198. The average Bonchev–Trinajstić information content (AvgIpc) is 2.66. The molecule has 1 aromatic rings. The largest absolute Gasteiger partial charge is 0.457 e. The highest BCUT2D eigenvalue weighted by atomic mass is 79.9. The van der Waals surface area contributed by atoms with E-state index in [-0.39, 0.29) is 12.6 Å². The molecule has 1 aliphatic heterocycles. The second kappa shape index (κ2) is 4.97. The van der Waals surface area contributed by atoms with Crippen LogP contribution in [0.4, 0.5) is 0 Å². The third kappa shape index (κ3) is 2.13. The number of ether oxygens (including phenoxy) is 1. The SMILES string of the molecule is O=C1OCc2c(Br)ccc(CCCCO)c21. The van der Waals surface area contributed by atoms with E-state index < -0.39 is 0 Å². The van der Waals surface area contributed by atoms with Crippen molar-refractivity contribution in [1.29, 1.82) is 0 Å². The summed E-state index contributed by atoms with van der Waals surface area (Å²) in [5.74, 6) is -0.227. The minimum atomic E-state index is -0.227. The fourth-order valence-corrected chi connectivity index (χ4v) is 2.36. The summed E-state index contributed by atoms with van der Waals surface area (Å²) >= 11 is 3.42. The van der Waals surface area contributed by atoms with Gasteiger partial charge in [0, 0.05) is 16.6 Å². The maximum Gasteiger partial charge on any atom is 0.339 e. The summed E-state index contributed by atoms with van der Waals surface area (Å²) < 4.78 is 5.96. The summed E-state index contributed by atoms with van der Waals surface area (Å²) in [7, 11) is 0. The molecule has 0 aromatic heterocycles. The number of aliphatic hydroxyl groups excluding tert-OH is 1. The van der Waals surface area contributed by atoms with Crippen LogP contribution in [0.1, 0.15) is 34.3 Å². The quantitative estimate of drug-likeness (QED) is 0.682. The van der Waals surface area contributed by atoms with Crippen LogP contribution >= 0.6 is 15.9 Å². The summed E-state index contributed by atoms with van der Waals surface area (Å²) in [6, 6.07) is 3.90. The minimum Gasteiger partial charge on any atom is -0.457 e. The Morgan fingerprint density at radius 3 is 2.94 bits per heavy atom. The second-order valence-corrected chi connectivity index (χ2v) is 4.67. The van der Waals surface area contributed by atoms with Gasteiger partial charge in [0.1, 0.15) is 6.61 Å². The van der Waals surface area contributed by atoms with Crippen LogP contribution < -0.4 is 0 Å². The number of unbranched alkanes of at least 4 members (excludes halogenated alkanes) is 1. The van der Waals surface area contributed by atoms with Gasteiger partial charge in [-0.3, -0.25) is 0 Å².